The van der Waals surface area contributed by atoms with Gasteiger partial charge in [0.05, 0.1) is 0 Å². The zero-order valence-electron chi connectivity index (χ0n) is 10.4. The van der Waals surface area contributed by atoms with Crippen LogP contribution in [0, 0.1) is 11.5 Å². The molecule has 16 heavy (non-hydrogen) atoms. The average Bonchev–Trinajstić information content (AvgIpc) is 2.23. The van der Waals surface area contributed by atoms with Crippen LogP contribution in [-0.4, -0.2) is 13.8 Å². The molecule has 0 amide bonds. The van der Waals surface area contributed by atoms with E-state index in [-0.39, 0.29) is 0 Å². The van der Waals surface area contributed by atoms with Crippen LogP contribution in [0.15, 0.2) is 30.3 Å². The van der Waals surface area contributed by atoms with Crippen molar-refractivity contribution in [2.45, 2.75) is 31.8 Å². The lowest BCUT2D eigenvalue weighted by atomic mass is 10.2. The maximum absolute atomic E-state index is 3.40. The predicted octanol–water partition coefficient (Wildman–Crippen LogP) is 4.19. The Bertz CT molecular complexity index is 354. The molecule has 0 N–H and O–H groups in total. The summed E-state index contributed by atoms with van der Waals surface area (Å²) >= 11 is 1.97. The first kappa shape index (κ1) is 13.4. The molecule has 0 aliphatic rings. The van der Waals surface area contributed by atoms with Crippen molar-refractivity contribution in [2.24, 2.45) is 0 Å². The van der Waals surface area contributed by atoms with E-state index < -0.39 is 8.07 Å². The van der Waals surface area contributed by atoms with Crippen molar-refractivity contribution in [3.63, 3.8) is 0 Å². The maximum Gasteiger partial charge on any atom is 0.129 e. The highest BCUT2D eigenvalue weighted by Gasteiger charge is 2.06. The van der Waals surface area contributed by atoms with E-state index in [1.165, 1.54) is 5.56 Å². The van der Waals surface area contributed by atoms with Gasteiger partial charge in [-0.3, -0.25) is 0 Å². The molecular formula is C14H20SSi. The van der Waals surface area contributed by atoms with Crippen LogP contribution in [0.5, 0.6) is 0 Å². The van der Waals surface area contributed by atoms with Crippen LogP contribution in [0.1, 0.15) is 12.0 Å². The van der Waals surface area contributed by atoms with Crippen molar-refractivity contribution in [3.05, 3.63) is 35.9 Å². The van der Waals surface area contributed by atoms with Crippen LogP contribution >= 0.6 is 11.8 Å². The van der Waals surface area contributed by atoms with E-state index >= 15 is 0 Å². The molecule has 0 aliphatic carbocycles. The summed E-state index contributed by atoms with van der Waals surface area (Å²) in [5.74, 6) is 5.55. The van der Waals surface area contributed by atoms with Crippen LogP contribution in [0.3, 0.4) is 0 Å². The van der Waals surface area contributed by atoms with Crippen LogP contribution in [0.4, 0.5) is 0 Å². The number of benzene rings is 1. The number of hydrogen-bond donors (Lipinski definition) is 0. The van der Waals surface area contributed by atoms with Gasteiger partial charge in [0.2, 0.25) is 0 Å². The minimum absolute atomic E-state index is 1.03. The molecule has 0 saturated heterocycles. The van der Waals surface area contributed by atoms with Gasteiger partial charge in [0.15, 0.2) is 0 Å². The third kappa shape index (κ3) is 6.76. The van der Waals surface area contributed by atoms with Gasteiger partial charge in [-0.05, 0) is 5.56 Å². The molecule has 0 bridgehead atoms. The van der Waals surface area contributed by atoms with Crippen LogP contribution < -0.4 is 0 Å². The third-order valence-electron chi connectivity index (χ3n) is 1.95. The summed E-state index contributed by atoms with van der Waals surface area (Å²) in [6.07, 6.45) is 1.03. The topological polar surface area (TPSA) is 0 Å². The summed E-state index contributed by atoms with van der Waals surface area (Å²) < 4.78 is 0. The first-order valence-electron chi connectivity index (χ1n) is 5.70. The third-order valence-corrected chi connectivity index (χ3v) is 3.90. The van der Waals surface area contributed by atoms with E-state index in [0.29, 0.717) is 0 Å². The molecule has 0 spiro atoms. The minimum Gasteiger partial charge on any atom is -0.156 e. The minimum atomic E-state index is -1.15. The second kappa shape index (κ2) is 6.83. The molecule has 0 atom stereocenters. The second-order valence-electron chi connectivity index (χ2n) is 4.84. The monoisotopic (exact) mass is 248 g/mol. The largest absolute Gasteiger partial charge is 0.156 e. The van der Waals surface area contributed by atoms with Crippen molar-refractivity contribution < 1.29 is 0 Å². The molecule has 1 rings (SSSR count). The van der Waals surface area contributed by atoms with Crippen molar-refractivity contribution in [1.82, 2.24) is 0 Å². The van der Waals surface area contributed by atoms with Crippen LogP contribution in [0.25, 0.3) is 0 Å². The number of hydrogen-bond acceptors (Lipinski definition) is 1. The van der Waals surface area contributed by atoms with E-state index in [0.717, 1.165) is 17.9 Å². The summed E-state index contributed by atoms with van der Waals surface area (Å²) in [4.78, 5) is 0. The second-order valence-corrected chi connectivity index (χ2v) is 10.7. The Balaban J connectivity index is 2.15. The summed E-state index contributed by atoms with van der Waals surface area (Å²) in [6, 6.07) is 10.6. The Morgan fingerprint density at radius 3 is 2.44 bits per heavy atom. The molecule has 0 radical (unpaired) electrons. The van der Waals surface area contributed by atoms with Gasteiger partial charge >= 0.3 is 0 Å². The van der Waals surface area contributed by atoms with Crippen LogP contribution in [0.2, 0.25) is 19.6 Å². The Hall–Kier alpha value is -0.653. The van der Waals surface area contributed by atoms with Gasteiger partial charge in [-0.1, -0.05) is 50.0 Å². The Kier molecular flexibility index (Phi) is 5.72. The molecule has 0 aliphatic heterocycles. The van der Waals surface area contributed by atoms with E-state index in [1.807, 2.05) is 11.8 Å². The van der Waals surface area contributed by atoms with Crippen molar-refractivity contribution in [2.75, 3.05) is 5.75 Å². The van der Waals surface area contributed by atoms with E-state index in [1.54, 1.807) is 0 Å². The molecular weight excluding hydrogens is 228 g/mol. The Morgan fingerprint density at radius 1 is 1.12 bits per heavy atom. The van der Waals surface area contributed by atoms with Crippen molar-refractivity contribution >= 4 is 19.8 Å². The summed E-state index contributed by atoms with van der Waals surface area (Å²) in [7, 11) is -1.15. The highest BCUT2D eigenvalue weighted by atomic mass is 32.2. The lowest BCUT2D eigenvalue weighted by Crippen LogP contribution is -2.16. The standard InChI is InChI=1S/C14H20SSi/c1-16(2,3)12-8-7-11-15-13-14-9-5-4-6-10-14/h4-6,9-10H,7,11,13H2,1-3H3. The zero-order chi connectivity index (χ0) is 11.9. The molecule has 0 aromatic heterocycles. The van der Waals surface area contributed by atoms with Crippen molar-refractivity contribution in [1.29, 1.82) is 0 Å². The van der Waals surface area contributed by atoms with E-state index in [4.69, 9.17) is 0 Å². The molecule has 0 unspecified atom stereocenters. The first-order valence-corrected chi connectivity index (χ1v) is 10.3. The highest BCUT2D eigenvalue weighted by Crippen LogP contribution is 2.12. The van der Waals surface area contributed by atoms with Gasteiger partial charge in [0, 0.05) is 17.9 Å². The maximum atomic E-state index is 3.40. The fourth-order valence-electron chi connectivity index (χ4n) is 1.22. The lowest BCUT2D eigenvalue weighted by Gasteiger charge is -2.03. The van der Waals surface area contributed by atoms with E-state index in [2.05, 4.69) is 61.4 Å². The summed E-state index contributed by atoms with van der Waals surface area (Å²) in [5.41, 5.74) is 4.80. The molecule has 86 valence electrons. The van der Waals surface area contributed by atoms with Gasteiger partial charge in [-0.2, -0.15) is 11.8 Å². The van der Waals surface area contributed by atoms with Crippen LogP contribution in [-0.2, 0) is 5.75 Å². The van der Waals surface area contributed by atoms with Gasteiger partial charge in [-0.25, -0.2) is 0 Å². The smallest absolute Gasteiger partial charge is 0.129 e. The molecule has 1 aromatic rings. The number of thioether (sulfide) groups is 1. The fourth-order valence-corrected chi connectivity index (χ4v) is 2.69. The van der Waals surface area contributed by atoms with E-state index in [9.17, 15) is 0 Å². The van der Waals surface area contributed by atoms with Gasteiger partial charge in [-0.15, -0.1) is 11.5 Å². The molecule has 0 heterocycles. The Labute approximate surface area is 105 Å². The van der Waals surface area contributed by atoms with Crippen molar-refractivity contribution in [3.8, 4) is 11.5 Å². The summed E-state index contributed by atoms with van der Waals surface area (Å²) in [5, 5.41) is 0. The first-order chi connectivity index (χ1) is 7.58. The molecule has 1 aromatic carbocycles. The lowest BCUT2D eigenvalue weighted by molar-refractivity contribution is 1.28. The summed E-state index contributed by atoms with van der Waals surface area (Å²) in [6.45, 7) is 6.87. The molecule has 0 nitrogen and oxygen atoms in total. The highest BCUT2D eigenvalue weighted by molar-refractivity contribution is 7.98. The molecule has 0 fully saturated rings. The Morgan fingerprint density at radius 2 is 1.81 bits per heavy atom. The van der Waals surface area contributed by atoms with Gasteiger partial charge in [0.25, 0.3) is 0 Å². The SMILES string of the molecule is C[Si](C)(C)C#CCCSCc1ccccc1. The van der Waals surface area contributed by atoms with Gasteiger partial charge in [0.1, 0.15) is 8.07 Å². The normalized spacial score (nSPS) is 10.7. The number of rotatable bonds is 4. The predicted molar refractivity (Wildman–Crippen MR) is 78.3 cm³/mol. The molecule has 0 saturated carbocycles. The molecule has 2 heteroatoms. The quantitative estimate of drug-likeness (QED) is 0.437. The van der Waals surface area contributed by atoms with Gasteiger partial charge < -0.3 is 0 Å². The zero-order valence-corrected chi connectivity index (χ0v) is 12.2. The average molecular weight is 248 g/mol. The fraction of sp³-hybridized carbons (Fsp3) is 0.429.